The second-order valence-electron chi connectivity index (χ2n) is 3.08. The maximum absolute atomic E-state index is 13.6. The molecule has 3 rings (SSSR count). The quantitative estimate of drug-likeness (QED) is 0.585. The van der Waals surface area contributed by atoms with Crippen LogP contribution in [0.5, 0.6) is 0 Å². The number of aromatic nitrogens is 4. The lowest BCUT2D eigenvalue weighted by Gasteiger charge is -2.02. The summed E-state index contributed by atoms with van der Waals surface area (Å²) in [5, 5.41) is 11.9. The van der Waals surface area contributed by atoms with Gasteiger partial charge in [-0.3, -0.25) is 0 Å². The molecule has 0 unspecified atom stereocenters. The second kappa shape index (κ2) is 2.87. The van der Waals surface area contributed by atoms with Crippen LogP contribution >= 0.6 is 11.6 Å². The van der Waals surface area contributed by atoms with Crippen LogP contribution < -0.4 is 0 Å². The number of para-hydroxylation sites is 1. The number of pyridine rings is 1. The smallest absolute Gasteiger partial charge is 0.181 e. The van der Waals surface area contributed by atoms with Gasteiger partial charge in [0, 0.05) is 11.5 Å². The van der Waals surface area contributed by atoms with Crippen LogP contribution in [0.2, 0.25) is 5.02 Å². The Balaban J connectivity index is 2.69. The lowest BCUT2D eigenvalue weighted by Crippen LogP contribution is -1.94. The zero-order chi connectivity index (χ0) is 10.4. The first kappa shape index (κ1) is 8.55. The zero-order valence-corrected chi connectivity index (χ0v) is 8.11. The monoisotopic (exact) mass is 222 g/mol. The van der Waals surface area contributed by atoms with Gasteiger partial charge in [-0.15, -0.1) is 5.10 Å². The molecule has 0 aliphatic heterocycles. The number of hydrogen-bond acceptors (Lipinski definition) is 3. The number of nitrogens with zero attached hydrogens (tertiary/aromatic N) is 4. The average molecular weight is 223 g/mol. The van der Waals surface area contributed by atoms with E-state index in [0.29, 0.717) is 21.6 Å². The van der Waals surface area contributed by atoms with Gasteiger partial charge in [0.25, 0.3) is 0 Å². The molecule has 0 spiro atoms. The summed E-state index contributed by atoms with van der Waals surface area (Å²) in [5.74, 6) is -0.396. The highest BCUT2D eigenvalue weighted by Crippen LogP contribution is 2.25. The van der Waals surface area contributed by atoms with Crippen LogP contribution in [-0.4, -0.2) is 20.0 Å². The Morgan fingerprint density at radius 3 is 3.07 bits per heavy atom. The third-order valence-electron chi connectivity index (χ3n) is 2.21. The summed E-state index contributed by atoms with van der Waals surface area (Å²) >= 11 is 5.99. The molecule has 0 aliphatic carbocycles. The maximum atomic E-state index is 13.6. The van der Waals surface area contributed by atoms with E-state index < -0.39 is 5.82 Å². The number of halogens is 2. The molecule has 0 radical (unpaired) electrons. The van der Waals surface area contributed by atoms with Gasteiger partial charge in [-0.2, -0.15) is 4.52 Å². The van der Waals surface area contributed by atoms with Crippen molar-refractivity contribution in [2.24, 2.45) is 0 Å². The van der Waals surface area contributed by atoms with Gasteiger partial charge in [-0.25, -0.2) is 4.39 Å². The average Bonchev–Trinajstić information content (AvgIpc) is 2.66. The Labute approximate surface area is 88.3 Å². The lowest BCUT2D eigenvalue weighted by atomic mass is 10.2. The second-order valence-corrected chi connectivity index (χ2v) is 3.48. The Morgan fingerprint density at radius 1 is 1.33 bits per heavy atom. The minimum atomic E-state index is -0.396. The number of rotatable bonds is 0. The number of hydrogen-bond donors (Lipinski definition) is 0. The molecule has 0 bridgehead atoms. The molecule has 0 saturated heterocycles. The molecule has 1 aromatic carbocycles. The molecule has 6 heteroatoms. The third-order valence-corrected chi connectivity index (χ3v) is 2.52. The summed E-state index contributed by atoms with van der Waals surface area (Å²) in [4.78, 5) is 0. The predicted octanol–water partition coefficient (Wildman–Crippen LogP) is 2.07. The third kappa shape index (κ3) is 1.10. The van der Waals surface area contributed by atoms with Crippen molar-refractivity contribution in [3.63, 3.8) is 0 Å². The van der Waals surface area contributed by atoms with Gasteiger partial charge in [0.15, 0.2) is 5.65 Å². The van der Waals surface area contributed by atoms with Crippen molar-refractivity contribution in [3.8, 4) is 0 Å². The fraction of sp³-hybridized carbons (Fsp3) is 0. The SMILES string of the molecule is Fc1cccc2c(Cl)cc3nnnn3c12. The predicted molar refractivity (Wildman–Crippen MR) is 53.3 cm³/mol. The zero-order valence-electron chi connectivity index (χ0n) is 7.35. The van der Waals surface area contributed by atoms with Crippen LogP contribution in [0.4, 0.5) is 4.39 Å². The van der Waals surface area contributed by atoms with Gasteiger partial charge in [0.1, 0.15) is 11.3 Å². The van der Waals surface area contributed by atoms with Crippen LogP contribution in [0.1, 0.15) is 0 Å². The Morgan fingerprint density at radius 2 is 2.20 bits per heavy atom. The number of benzene rings is 1. The van der Waals surface area contributed by atoms with Crippen LogP contribution in [0.3, 0.4) is 0 Å². The summed E-state index contributed by atoms with van der Waals surface area (Å²) < 4.78 is 14.9. The van der Waals surface area contributed by atoms with E-state index in [-0.39, 0.29) is 0 Å². The van der Waals surface area contributed by atoms with E-state index in [1.165, 1.54) is 10.6 Å². The van der Waals surface area contributed by atoms with E-state index in [1.54, 1.807) is 18.2 Å². The van der Waals surface area contributed by atoms with Gasteiger partial charge in [0.2, 0.25) is 0 Å². The normalized spacial score (nSPS) is 11.3. The van der Waals surface area contributed by atoms with E-state index in [9.17, 15) is 4.39 Å². The van der Waals surface area contributed by atoms with Gasteiger partial charge in [-0.1, -0.05) is 23.7 Å². The molecule has 74 valence electrons. The molecular weight excluding hydrogens is 219 g/mol. The summed E-state index contributed by atoms with van der Waals surface area (Å²) in [6.45, 7) is 0. The van der Waals surface area contributed by atoms with Crippen LogP contribution in [-0.2, 0) is 0 Å². The van der Waals surface area contributed by atoms with E-state index in [0.717, 1.165) is 0 Å². The minimum absolute atomic E-state index is 0.296. The molecule has 0 amide bonds. The van der Waals surface area contributed by atoms with E-state index in [4.69, 9.17) is 11.6 Å². The van der Waals surface area contributed by atoms with Crippen LogP contribution in [0.25, 0.3) is 16.6 Å². The van der Waals surface area contributed by atoms with Gasteiger partial charge in [0.05, 0.1) is 5.02 Å². The van der Waals surface area contributed by atoms with Crippen molar-refractivity contribution >= 4 is 28.2 Å². The number of tetrazole rings is 1. The van der Waals surface area contributed by atoms with E-state index >= 15 is 0 Å². The molecule has 0 fully saturated rings. The summed E-state index contributed by atoms with van der Waals surface area (Å²) in [6.07, 6.45) is 0. The highest BCUT2D eigenvalue weighted by molar-refractivity contribution is 6.35. The molecular formula is C9H4ClFN4. The molecule has 0 atom stereocenters. The molecule has 2 heterocycles. The van der Waals surface area contributed by atoms with Gasteiger partial charge in [-0.05, 0) is 16.5 Å². The summed E-state index contributed by atoms with van der Waals surface area (Å²) in [5.41, 5.74) is 0.725. The minimum Gasteiger partial charge on any atom is -0.205 e. The standard InChI is InChI=1S/C9H4ClFN4/c10-6-4-8-12-13-14-15(8)9-5(6)2-1-3-7(9)11/h1-4H. The van der Waals surface area contributed by atoms with Crippen molar-refractivity contribution in [3.05, 3.63) is 35.1 Å². The van der Waals surface area contributed by atoms with Gasteiger partial charge >= 0.3 is 0 Å². The first-order valence-corrected chi connectivity index (χ1v) is 4.60. The van der Waals surface area contributed by atoms with Crippen LogP contribution in [0, 0.1) is 5.82 Å². The van der Waals surface area contributed by atoms with Crippen molar-refractivity contribution < 1.29 is 4.39 Å². The Hall–Kier alpha value is -1.75. The van der Waals surface area contributed by atoms with E-state index in [1.807, 2.05) is 0 Å². The summed E-state index contributed by atoms with van der Waals surface area (Å²) in [6, 6.07) is 6.27. The maximum Gasteiger partial charge on any atom is 0.181 e. The van der Waals surface area contributed by atoms with Crippen molar-refractivity contribution in [1.82, 2.24) is 20.0 Å². The Bertz CT molecular complexity index is 664. The molecule has 3 aromatic rings. The first-order valence-electron chi connectivity index (χ1n) is 4.22. The van der Waals surface area contributed by atoms with Gasteiger partial charge < -0.3 is 0 Å². The fourth-order valence-corrected chi connectivity index (χ4v) is 1.81. The number of fused-ring (bicyclic) bond motifs is 3. The van der Waals surface area contributed by atoms with Crippen molar-refractivity contribution in [2.45, 2.75) is 0 Å². The summed E-state index contributed by atoms with van der Waals surface area (Å²) in [7, 11) is 0. The molecule has 15 heavy (non-hydrogen) atoms. The lowest BCUT2D eigenvalue weighted by molar-refractivity contribution is 0.632. The molecule has 0 aliphatic rings. The topological polar surface area (TPSA) is 43.1 Å². The van der Waals surface area contributed by atoms with E-state index in [2.05, 4.69) is 15.5 Å². The Kier molecular flexibility index (Phi) is 1.63. The fourth-order valence-electron chi connectivity index (χ4n) is 1.56. The van der Waals surface area contributed by atoms with Crippen LogP contribution in [0.15, 0.2) is 24.3 Å². The van der Waals surface area contributed by atoms with Crippen molar-refractivity contribution in [2.75, 3.05) is 0 Å². The highest BCUT2D eigenvalue weighted by atomic mass is 35.5. The largest absolute Gasteiger partial charge is 0.205 e. The molecule has 0 saturated carbocycles. The molecule has 0 N–H and O–H groups in total. The van der Waals surface area contributed by atoms with Crippen molar-refractivity contribution in [1.29, 1.82) is 0 Å². The molecule has 2 aromatic heterocycles. The first-order chi connectivity index (χ1) is 7.27. The molecule has 4 nitrogen and oxygen atoms in total. The highest BCUT2D eigenvalue weighted by Gasteiger charge is 2.10.